The number of piperidine rings is 2. The number of anilines is 2. The number of aryl methyl sites for hydroxylation is 4. The molecule has 0 unspecified atom stereocenters. The number of benzene rings is 4. The predicted octanol–water partition coefficient (Wildman–Crippen LogP) is 9.73. The number of carbonyl (C=O) groups excluding carboxylic acids is 2. The molecule has 69 heavy (non-hydrogen) atoms. The molecular formula is C57H66N6O6. The minimum atomic E-state index is 0.0280. The number of carbonyl (C=O) groups is 2. The Kier molecular flexibility index (Phi) is 14.3. The van der Waals surface area contributed by atoms with Gasteiger partial charge in [0.25, 0.3) is 0 Å². The summed E-state index contributed by atoms with van der Waals surface area (Å²) in [5.41, 5.74) is 11.2. The first kappa shape index (κ1) is 46.5. The van der Waals surface area contributed by atoms with E-state index in [2.05, 4.69) is 86.3 Å². The second kappa shape index (κ2) is 21.2. The molecule has 6 aromatic rings. The van der Waals surface area contributed by atoms with Crippen LogP contribution in [0.3, 0.4) is 0 Å². The zero-order chi connectivity index (χ0) is 47.3. The molecule has 0 spiro atoms. The topological polar surface area (TPSA) is 136 Å². The molecule has 8 heterocycles. The number of aromatic nitrogens is 2. The lowest BCUT2D eigenvalue weighted by molar-refractivity contribution is -0.117. The predicted molar refractivity (Wildman–Crippen MR) is 272 cm³/mol. The van der Waals surface area contributed by atoms with Crippen molar-refractivity contribution in [3.8, 4) is 23.0 Å². The summed E-state index contributed by atoms with van der Waals surface area (Å²) in [6, 6.07) is 29.3. The second-order valence-corrected chi connectivity index (χ2v) is 19.8. The molecule has 12 heteroatoms. The maximum absolute atomic E-state index is 11.7. The van der Waals surface area contributed by atoms with Crippen molar-refractivity contribution in [2.75, 3.05) is 56.6 Å². The van der Waals surface area contributed by atoms with Crippen LogP contribution in [-0.4, -0.2) is 84.8 Å². The van der Waals surface area contributed by atoms with Gasteiger partial charge in [-0.05, 0) is 193 Å². The summed E-state index contributed by atoms with van der Waals surface area (Å²) in [6.07, 6.45) is 11.2. The first-order valence-electron chi connectivity index (χ1n) is 25.4. The van der Waals surface area contributed by atoms with Gasteiger partial charge in [0.05, 0.1) is 11.0 Å². The quantitative estimate of drug-likeness (QED) is 0.142. The number of ether oxygens (including phenoxy) is 4. The molecule has 2 saturated heterocycles. The average Bonchev–Trinajstić information content (AvgIpc) is 3.37. The first-order chi connectivity index (χ1) is 33.7. The van der Waals surface area contributed by atoms with E-state index in [0.717, 1.165) is 138 Å². The van der Waals surface area contributed by atoms with Crippen molar-refractivity contribution >= 4 is 45.0 Å². The summed E-state index contributed by atoms with van der Waals surface area (Å²) in [7, 11) is 0. The molecule has 12 nitrogen and oxygen atoms in total. The number of likely N-dealkylation sites (tertiary alicyclic amines) is 1. The Labute approximate surface area is 405 Å². The fraction of sp³-hybridized carbons (Fsp3) is 0.439. The summed E-state index contributed by atoms with van der Waals surface area (Å²) >= 11 is 0. The molecule has 12 rings (SSSR count). The van der Waals surface area contributed by atoms with Gasteiger partial charge >= 0.3 is 0 Å². The van der Waals surface area contributed by atoms with Crippen molar-refractivity contribution in [2.45, 2.75) is 104 Å². The number of amides is 2. The van der Waals surface area contributed by atoms with Crippen molar-refractivity contribution in [1.82, 2.24) is 20.2 Å². The number of hydrogen-bond acceptors (Lipinski definition) is 10. The van der Waals surface area contributed by atoms with E-state index in [4.69, 9.17) is 18.9 Å². The standard InChI is InChI=1S/C28H31N3O3.C15H20N2O.C14H15NO2/c1-18-2-6-23-24(29-18)7-8-26-28(23)34-22(17-33-26)16-31-12-10-19(11-13-31)14-20-3-4-21-5-9-27(32)30-25(21)15-20;18-15-4-3-13-2-1-12(10-14(13)17-15)9-11-5-7-16-8-6-11;1-3-10-8-16-13-7-6-12-11(14(13)17-10)5-4-9(2)15-12/h2-4,6-8,15,19,22H,5,9-14,16-17H2,1H3,(H,30,32);1-2,10-11,16H,3-9H2,(H,17,18);4-7,10H,3,8H2,1-2H3/t22-;;10-/m0.0/s1. The van der Waals surface area contributed by atoms with Crippen LogP contribution in [0.1, 0.15) is 85.5 Å². The molecule has 0 bridgehead atoms. The number of hydrogen-bond donors (Lipinski definition) is 3. The van der Waals surface area contributed by atoms with Crippen LogP contribution in [0.2, 0.25) is 0 Å². The van der Waals surface area contributed by atoms with E-state index in [1.54, 1.807) is 0 Å². The number of nitrogens with zero attached hydrogens (tertiary/aromatic N) is 3. The summed E-state index contributed by atoms with van der Waals surface area (Å²) in [4.78, 5) is 34.8. The van der Waals surface area contributed by atoms with E-state index in [1.807, 2.05) is 50.2 Å². The molecule has 0 saturated carbocycles. The van der Waals surface area contributed by atoms with E-state index in [1.165, 1.54) is 47.9 Å². The molecule has 2 aromatic heterocycles. The fourth-order valence-electron chi connectivity index (χ4n) is 10.6. The minimum absolute atomic E-state index is 0.0280. The maximum Gasteiger partial charge on any atom is 0.224 e. The first-order valence-corrected chi connectivity index (χ1v) is 25.4. The number of pyridine rings is 2. The van der Waals surface area contributed by atoms with Gasteiger partial charge in [0, 0.05) is 52.9 Å². The Morgan fingerprint density at radius 3 is 1.64 bits per heavy atom. The largest absolute Gasteiger partial charge is 0.486 e. The van der Waals surface area contributed by atoms with Gasteiger partial charge in [-0.3, -0.25) is 24.5 Å². The van der Waals surface area contributed by atoms with E-state index in [0.29, 0.717) is 32.0 Å². The van der Waals surface area contributed by atoms with Crippen LogP contribution in [0.4, 0.5) is 11.4 Å². The highest BCUT2D eigenvalue weighted by atomic mass is 16.6. The Morgan fingerprint density at radius 2 is 1.10 bits per heavy atom. The molecule has 4 aromatic carbocycles. The Hall–Kier alpha value is -6.24. The molecule has 6 aliphatic rings. The molecular weight excluding hydrogens is 865 g/mol. The second-order valence-electron chi connectivity index (χ2n) is 19.8. The van der Waals surface area contributed by atoms with Crippen LogP contribution in [0.15, 0.2) is 84.9 Å². The van der Waals surface area contributed by atoms with Crippen LogP contribution in [-0.2, 0) is 35.3 Å². The molecule has 3 N–H and O–H groups in total. The highest BCUT2D eigenvalue weighted by Crippen LogP contribution is 2.40. The third-order valence-electron chi connectivity index (χ3n) is 14.5. The van der Waals surface area contributed by atoms with Crippen molar-refractivity contribution < 1.29 is 28.5 Å². The van der Waals surface area contributed by atoms with Gasteiger partial charge in [0.15, 0.2) is 23.0 Å². The molecule has 2 fully saturated rings. The van der Waals surface area contributed by atoms with Crippen LogP contribution in [0.5, 0.6) is 23.0 Å². The zero-order valence-corrected chi connectivity index (χ0v) is 40.4. The lowest BCUT2D eigenvalue weighted by Crippen LogP contribution is -2.44. The lowest BCUT2D eigenvalue weighted by Gasteiger charge is -2.36. The van der Waals surface area contributed by atoms with Gasteiger partial charge in [0.2, 0.25) is 11.8 Å². The molecule has 2 atom stereocenters. The van der Waals surface area contributed by atoms with Gasteiger partial charge in [-0.2, -0.15) is 0 Å². The van der Waals surface area contributed by atoms with Crippen LogP contribution in [0, 0.1) is 25.7 Å². The summed E-state index contributed by atoms with van der Waals surface area (Å²) in [5, 5.41) is 11.5. The third kappa shape index (κ3) is 11.3. The van der Waals surface area contributed by atoms with Crippen molar-refractivity contribution in [1.29, 1.82) is 0 Å². The third-order valence-corrected chi connectivity index (χ3v) is 14.5. The monoisotopic (exact) mass is 931 g/mol. The van der Waals surface area contributed by atoms with Crippen molar-refractivity contribution in [3.63, 3.8) is 0 Å². The highest BCUT2D eigenvalue weighted by Gasteiger charge is 2.29. The van der Waals surface area contributed by atoms with Gasteiger partial charge in [-0.15, -0.1) is 0 Å². The minimum Gasteiger partial charge on any atom is -0.486 e. The number of rotatable bonds is 7. The van der Waals surface area contributed by atoms with Gasteiger partial charge in [-0.25, -0.2) is 0 Å². The van der Waals surface area contributed by atoms with E-state index >= 15 is 0 Å². The summed E-state index contributed by atoms with van der Waals surface area (Å²) in [6.45, 7) is 12.6. The van der Waals surface area contributed by atoms with Crippen LogP contribution >= 0.6 is 0 Å². The highest BCUT2D eigenvalue weighted by molar-refractivity contribution is 5.95. The van der Waals surface area contributed by atoms with Crippen molar-refractivity contribution in [2.24, 2.45) is 11.8 Å². The maximum atomic E-state index is 11.7. The Balaban J connectivity index is 0.000000133. The average molecular weight is 931 g/mol. The van der Waals surface area contributed by atoms with Crippen LogP contribution in [0.25, 0.3) is 21.8 Å². The van der Waals surface area contributed by atoms with Gasteiger partial charge < -0.3 is 34.9 Å². The SMILES string of the molecule is CC[C@H]1COc2ccc3nc(C)ccc3c2O1.Cc1ccc2c3c(ccc2n1)OC[C@H](CN1CCC(Cc2ccc4c(c2)NC(=O)CC4)CC1)O3.O=C1CCc2ccc(CC3CCNCC3)cc2N1. The van der Waals surface area contributed by atoms with E-state index in [9.17, 15) is 9.59 Å². The number of fused-ring (bicyclic) bond motifs is 8. The Morgan fingerprint density at radius 1 is 0.594 bits per heavy atom. The van der Waals surface area contributed by atoms with E-state index < -0.39 is 0 Å². The van der Waals surface area contributed by atoms with Gasteiger partial charge in [-0.1, -0.05) is 31.2 Å². The summed E-state index contributed by atoms with van der Waals surface area (Å²) < 4.78 is 24.2. The molecule has 6 aliphatic heterocycles. The fourth-order valence-corrected chi connectivity index (χ4v) is 10.6. The molecule has 0 radical (unpaired) electrons. The van der Waals surface area contributed by atoms with Crippen LogP contribution < -0.4 is 34.9 Å². The molecule has 360 valence electrons. The number of nitrogens with one attached hydrogen (secondary N) is 3. The normalized spacial score (nSPS) is 20.0. The smallest absolute Gasteiger partial charge is 0.224 e. The molecule has 2 amide bonds. The van der Waals surface area contributed by atoms with Crippen molar-refractivity contribution in [3.05, 3.63) is 119 Å². The van der Waals surface area contributed by atoms with Gasteiger partial charge in [0.1, 0.15) is 25.4 Å². The summed E-state index contributed by atoms with van der Waals surface area (Å²) in [5.74, 6) is 5.07. The van der Waals surface area contributed by atoms with E-state index in [-0.39, 0.29) is 24.0 Å². The zero-order valence-electron chi connectivity index (χ0n) is 40.4. The Bertz CT molecular complexity index is 2820. The lowest BCUT2D eigenvalue weighted by atomic mass is 9.89. The molecule has 0 aliphatic carbocycles.